The minimum absolute atomic E-state index is 0.246. The van der Waals surface area contributed by atoms with E-state index in [1.54, 1.807) is 13.2 Å². The maximum absolute atomic E-state index is 13.2. The van der Waals surface area contributed by atoms with Gasteiger partial charge in [-0.1, -0.05) is 12.1 Å². The summed E-state index contributed by atoms with van der Waals surface area (Å²) in [5.74, 6) is 1.17. The maximum atomic E-state index is 13.2. The molecule has 0 amide bonds. The zero-order valence-electron chi connectivity index (χ0n) is 10.4. The van der Waals surface area contributed by atoms with Gasteiger partial charge in [-0.25, -0.2) is 4.39 Å². The number of rotatable bonds is 3. The van der Waals surface area contributed by atoms with Crippen LogP contribution in [0.1, 0.15) is 11.4 Å². The fraction of sp³-hybridized carbons (Fsp3) is 0.143. The molecule has 0 bridgehead atoms. The molecule has 4 nitrogen and oxygen atoms in total. The van der Waals surface area contributed by atoms with E-state index in [9.17, 15) is 4.39 Å². The highest BCUT2D eigenvalue weighted by Gasteiger charge is 2.10. The van der Waals surface area contributed by atoms with Gasteiger partial charge in [0.2, 0.25) is 5.65 Å². The maximum Gasteiger partial charge on any atom is 0.203 e. The normalized spacial score (nSPS) is 10.8. The van der Waals surface area contributed by atoms with Gasteiger partial charge in [0.05, 0.1) is 7.11 Å². The number of nitrogens with zero attached hydrogens (tertiary/aromatic N) is 3. The minimum Gasteiger partial charge on any atom is -0.493 e. The fourth-order valence-corrected chi connectivity index (χ4v) is 2.05. The molecule has 3 rings (SSSR count). The summed E-state index contributed by atoms with van der Waals surface area (Å²) in [6, 6.07) is 10.2. The number of methoxy groups -OCH3 is 1. The van der Waals surface area contributed by atoms with Gasteiger partial charge in [0.25, 0.3) is 0 Å². The van der Waals surface area contributed by atoms with Gasteiger partial charge >= 0.3 is 0 Å². The molecule has 0 saturated heterocycles. The first-order valence-corrected chi connectivity index (χ1v) is 5.89. The zero-order chi connectivity index (χ0) is 13.2. The number of halogens is 1. The summed E-state index contributed by atoms with van der Waals surface area (Å²) >= 11 is 0. The van der Waals surface area contributed by atoms with E-state index in [-0.39, 0.29) is 5.82 Å². The Kier molecular flexibility index (Phi) is 2.87. The van der Waals surface area contributed by atoms with Crippen LogP contribution in [-0.4, -0.2) is 21.7 Å². The molecule has 0 unspecified atom stereocenters. The Balaban J connectivity index is 2.02. The number of pyridine rings is 1. The van der Waals surface area contributed by atoms with E-state index >= 15 is 0 Å². The third-order valence-electron chi connectivity index (χ3n) is 2.94. The molecule has 0 radical (unpaired) electrons. The molecule has 0 aliphatic carbocycles. The molecule has 0 N–H and O–H groups in total. The summed E-state index contributed by atoms with van der Waals surface area (Å²) in [6.45, 7) is 0. The smallest absolute Gasteiger partial charge is 0.203 e. The lowest BCUT2D eigenvalue weighted by atomic mass is 10.1. The molecule has 2 heterocycles. The molecule has 2 aromatic heterocycles. The average Bonchev–Trinajstić information content (AvgIpc) is 2.82. The van der Waals surface area contributed by atoms with E-state index in [2.05, 4.69) is 10.2 Å². The second-order valence-electron chi connectivity index (χ2n) is 4.19. The monoisotopic (exact) mass is 257 g/mol. The van der Waals surface area contributed by atoms with Crippen LogP contribution >= 0.6 is 0 Å². The lowest BCUT2D eigenvalue weighted by molar-refractivity contribution is 0.416. The highest BCUT2D eigenvalue weighted by atomic mass is 19.1. The van der Waals surface area contributed by atoms with E-state index in [1.165, 1.54) is 12.1 Å². The fourth-order valence-electron chi connectivity index (χ4n) is 2.05. The zero-order valence-corrected chi connectivity index (χ0v) is 10.4. The molecule has 0 aliphatic rings. The van der Waals surface area contributed by atoms with Crippen molar-refractivity contribution >= 4 is 5.65 Å². The average molecular weight is 257 g/mol. The van der Waals surface area contributed by atoms with Crippen LogP contribution in [0.5, 0.6) is 5.75 Å². The Hall–Kier alpha value is -2.43. The number of hydrogen-bond donors (Lipinski definition) is 0. The summed E-state index contributed by atoms with van der Waals surface area (Å²) in [7, 11) is 1.59. The number of benzene rings is 1. The van der Waals surface area contributed by atoms with Crippen molar-refractivity contribution in [3.63, 3.8) is 0 Å². The van der Waals surface area contributed by atoms with E-state index in [1.807, 2.05) is 28.8 Å². The second-order valence-corrected chi connectivity index (χ2v) is 4.19. The first-order valence-electron chi connectivity index (χ1n) is 5.89. The van der Waals surface area contributed by atoms with Crippen molar-refractivity contribution in [3.05, 3.63) is 59.8 Å². The predicted octanol–water partition coefficient (Wildman–Crippen LogP) is 2.47. The summed E-state index contributed by atoms with van der Waals surface area (Å²) in [5, 5.41) is 8.24. The molecule has 0 atom stereocenters. The predicted molar refractivity (Wildman–Crippen MR) is 68.7 cm³/mol. The van der Waals surface area contributed by atoms with Gasteiger partial charge in [0, 0.05) is 12.6 Å². The third-order valence-corrected chi connectivity index (χ3v) is 2.94. The molecule has 19 heavy (non-hydrogen) atoms. The van der Waals surface area contributed by atoms with Crippen molar-refractivity contribution in [1.82, 2.24) is 14.6 Å². The number of fused-ring (bicyclic) bond motifs is 1. The third kappa shape index (κ3) is 2.14. The summed E-state index contributed by atoms with van der Waals surface area (Å²) in [6.07, 6.45) is 2.39. The van der Waals surface area contributed by atoms with Crippen molar-refractivity contribution in [2.75, 3.05) is 7.11 Å². The largest absolute Gasteiger partial charge is 0.493 e. The molecule has 96 valence electrons. The van der Waals surface area contributed by atoms with Crippen LogP contribution in [0, 0.1) is 5.82 Å². The highest BCUT2D eigenvalue weighted by molar-refractivity contribution is 5.53. The number of ether oxygens (including phenoxy) is 1. The molecule has 3 aromatic rings. The molecular weight excluding hydrogens is 245 g/mol. The Morgan fingerprint density at radius 2 is 2.11 bits per heavy atom. The van der Waals surface area contributed by atoms with Crippen LogP contribution in [0.25, 0.3) is 5.65 Å². The summed E-state index contributed by atoms with van der Waals surface area (Å²) in [4.78, 5) is 0. The van der Waals surface area contributed by atoms with Crippen LogP contribution in [-0.2, 0) is 6.42 Å². The van der Waals surface area contributed by atoms with Crippen molar-refractivity contribution in [1.29, 1.82) is 0 Å². The van der Waals surface area contributed by atoms with Crippen molar-refractivity contribution < 1.29 is 9.13 Å². The van der Waals surface area contributed by atoms with Crippen molar-refractivity contribution in [3.8, 4) is 5.75 Å². The Bertz CT molecular complexity index is 724. The summed E-state index contributed by atoms with van der Waals surface area (Å²) in [5.41, 5.74) is 1.52. The number of hydrogen-bond acceptors (Lipinski definition) is 3. The Labute approximate surface area is 109 Å². The summed E-state index contributed by atoms with van der Waals surface area (Å²) < 4.78 is 20.2. The van der Waals surface area contributed by atoms with Crippen LogP contribution in [0.4, 0.5) is 4.39 Å². The van der Waals surface area contributed by atoms with Gasteiger partial charge < -0.3 is 4.74 Å². The van der Waals surface area contributed by atoms with Crippen molar-refractivity contribution in [2.45, 2.75) is 6.42 Å². The lowest BCUT2D eigenvalue weighted by Crippen LogP contribution is -1.97. The molecule has 0 saturated carbocycles. The van der Waals surface area contributed by atoms with Gasteiger partial charge in [-0.2, -0.15) is 0 Å². The topological polar surface area (TPSA) is 39.4 Å². The molecule has 5 heteroatoms. The van der Waals surface area contributed by atoms with E-state index in [0.29, 0.717) is 17.8 Å². The first kappa shape index (κ1) is 11.6. The van der Waals surface area contributed by atoms with Gasteiger partial charge in [0.1, 0.15) is 11.6 Å². The van der Waals surface area contributed by atoms with E-state index in [0.717, 1.165) is 11.4 Å². The number of aromatic nitrogens is 3. The van der Waals surface area contributed by atoms with Gasteiger partial charge in [-0.05, 0) is 29.8 Å². The van der Waals surface area contributed by atoms with Crippen molar-refractivity contribution in [2.24, 2.45) is 0 Å². The van der Waals surface area contributed by atoms with Gasteiger partial charge in [-0.15, -0.1) is 10.2 Å². The SMILES string of the molecule is COc1cccn2c(Cc3cccc(F)c3)nnc12. The quantitative estimate of drug-likeness (QED) is 0.723. The second kappa shape index (κ2) is 4.68. The van der Waals surface area contributed by atoms with Crippen LogP contribution < -0.4 is 4.74 Å². The van der Waals surface area contributed by atoms with Crippen LogP contribution in [0.15, 0.2) is 42.6 Å². The standard InChI is InChI=1S/C14H12FN3O/c1-19-12-6-3-7-18-13(16-17-14(12)18)9-10-4-2-5-11(15)8-10/h2-8H,9H2,1H3. The van der Waals surface area contributed by atoms with Crippen LogP contribution in [0.3, 0.4) is 0 Å². The molecule has 0 spiro atoms. The molecule has 0 aliphatic heterocycles. The van der Waals surface area contributed by atoms with E-state index < -0.39 is 0 Å². The van der Waals surface area contributed by atoms with E-state index in [4.69, 9.17) is 4.74 Å². The lowest BCUT2D eigenvalue weighted by Gasteiger charge is -2.03. The van der Waals surface area contributed by atoms with Gasteiger partial charge in [-0.3, -0.25) is 4.40 Å². The Morgan fingerprint density at radius 3 is 2.89 bits per heavy atom. The molecule has 0 fully saturated rings. The minimum atomic E-state index is -0.246. The molecule has 1 aromatic carbocycles. The highest BCUT2D eigenvalue weighted by Crippen LogP contribution is 2.19. The first-order chi connectivity index (χ1) is 9.28. The van der Waals surface area contributed by atoms with Gasteiger partial charge in [0.15, 0.2) is 5.75 Å². The molecular formula is C14H12FN3O. The Morgan fingerprint density at radius 1 is 1.21 bits per heavy atom. The van der Waals surface area contributed by atoms with Crippen LogP contribution in [0.2, 0.25) is 0 Å².